The van der Waals surface area contributed by atoms with Crippen molar-refractivity contribution in [2.75, 3.05) is 23.0 Å². The Morgan fingerprint density at radius 1 is 1.27 bits per heavy atom. The SMILES string of the molecule is C[C@H](NS(C)(=O)=O)C(=O)Nc1ccc(N2CCCC2=O)cc1. The Labute approximate surface area is 129 Å². The molecule has 7 nitrogen and oxygen atoms in total. The number of carbonyl (C=O) groups is 2. The fourth-order valence-electron chi connectivity index (χ4n) is 2.27. The summed E-state index contributed by atoms with van der Waals surface area (Å²) in [6.07, 6.45) is 2.41. The molecule has 120 valence electrons. The van der Waals surface area contributed by atoms with Crippen molar-refractivity contribution in [1.29, 1.82) is 0 Å². The molecular weight excluding hydrogens is 306 g/mol. The Balaban J connectivity index is 1.99. The molecule has 1 heterocycles. The summed E-state index contributed by atoms with van der Waals surface area (Å²) in [6, 6.07) is 6.02. The fourth-order valence-corrected chi connectivity index (χ4v) is 3.02. The van der Waals surface area contributed by atoms with Gasteiger partial charge in [0, 0.05) is 24.3 Å². The van der Waals surface area contributed by atoms with Gasteiger partial charge in [-0.1, -0.05) is 0 Å². The summed E-state index contributed by atoms with van der Waals surface area (Å²) in [5, 5.41) is 2.62. The Bertz CT molecular complexity index is 670. The van der Waals surface area contributed by atoms with E-state index in [1.807, 2.05) is 0 Å². The van der Waals surface area contributed by atoms with Gasteiger partial charge in [0.1, 0.15) is 0 Å². The lowest BCUT2D eigenvalue weighted by atomic mass is 10.2. The van der Waals surface area contributed by atoms with Gasteiger partial charge in [0.05, 0.1) is 12.3 Å². The number of hydrogen-bond donors (Lipinski definition) is 2. The molecule has 1 aliphatic heterocycles. The van der Waals surface area contributed by atoms with Crippen molar-refractivity contribution in [3.05, 3.63) is 24.3 Å². The molecule has 22 heavy (non-hydrogen) atoms. The maximum Gasteiger partial charge on any atom is 0.242 e. The standard InChI is InChI=1S/C14H19N3O4S/c1-10(16-22(2,20)21)14(19)15-11-5-7-12(8-6-11)17-9-3-4-13(17)18/h5-8,10,16H,3-4,9H2,1-2H3,(H,15,19)/t10-/m0/s1. The van der Waals surface area contributed by atoms with E-state index in [4.69, 9.17) is 0 Å². The zero-order chi connectivity index (χ0) is 16.3. The normalized spacial score (nSPS) is 16.6. The monoisotopic (exact) mass is 325 g/mol. The highest BCUT2D eigenvalue weighted by atomic mass is 32.2. The molecule has 8 heteroatoms. The van der Waals surface area contributed by atoms with Crippen LogP contribution in [0.5, 0.6) is 0 Å². The van der Waals surface area contributed by atoms with Gasteiger partial charge in [-0.15, -0.1) is 0 Å². The molecule has 1 saturated heterocycles. The highest BCUT2D eigenvalue weighted by Crippen LogP contribution is 2.23. The largest absolute Gasteiger partial charge is 0.325 e. The molecule has 0 saturated carbocycles. The molecule has 0 aliphatic carbocycles. The molecule has 2 amide bonds. The third-order valence-corrected chi connectivity index (χ3v) is 4.09. The Hall–Kier alpha value is -1.93. The van der Waals surface area contributed by atoms with Crippen molar-refractivity contribution in [2.45, 2.75) is 25.8 Å². The zero-order valence-corrected chi connectivity index (χ0v) is 13.3. The minimum atomic E-state index is -3.44. The number of benzene rings is 1. The zero-order valence-electron chi connectivity index (χ0n) is 12.5. The van der Waals surface area contributed by atoms with E-state index in [-0.39, 0.29) is 5.91 Å². The molecule has 0 radical (unpaired) electrons. The molecule has 1 aromatic carbocycles. The van der Waals surface area contributed by atoms with Gasteiger partial charge in [-0.2, -0.15) is 0 Å². The third-order valence-electron chi connectivity index (χ3n) is 3.30. The van der Waals surface area contributed by atoms with Crippen LogP contribution in [0.3, 0.4) is 0 Å². The van der Waals surface area contributed by atoms with Gasteiger partial charge in [0.2, 0.25) is 21.8 Å². The summed E-state index contributed by atoms with van der Waals surface area (Å²) in [7, 11) is -3.44. The van der Waals surface area contributed by atoms with Crippen LogP contribution in [-0.2, 0) is 19.6 Å². The minimum Gasteiger partial charge on any atom is -0.325 e. The molecule has 2 rings (SSSR count). The number of sulfonamides is 1. The summed E-state index contributed by atoms with van der Waals surface area (Å²) in [5.74, 6) is -0.349. The topological polar surface area (TPSA) is 95.6 Å². The molecule has 1 aliphatic rings. The average molecular weight is 325 g/mol. The van der Waals surface area contributed by atoms with E-state index >= 15 is 0 Å². The van der Waals surface area contributed by atoms with Crippen molar-refractivity contribution in [1.82, 2.24) is 4.72 Å². The van der Waals surface area contributed by atoms with E-state index in [1.54, 1.807) is 29.2 Å². The Morgan fingerprint density at radius 2 is 1.91 bits per heavy atom. The number of rotatable bonds is 5. The van der Waals surface area contributed by atoms with Gasteiger partial charge in [0.25, 0.3) is 0 Å². The maximum absolute atomic E-state index is 11.9. The highest BCUT2D eigenvalue weighted by molar-refractivity contribution is 7.88. The summed E-state index contributed by atoms with van der Waals surface area (Å²) in [6.45, 7) is 2.17. The van der Waals surface area contributed by atoms with Crippen LogP contribution in [0.25, 0.3) is 0 Å². The van der Waals surface area contributed by atoms with Crippen molar-refractivity contribution >= 4 is 33.2 Å². The van der Waals surface area contributed by atoms with E-state index in [0.29, 0.717) is 18.7 Å². The first-order valence-electron chi connectivity index (χ1n) is 6.95. The van der Waals surface area contributed by atoms with Gasteiger partial charge in [-0.05, 0) is 37.6 Å². The van der Waals surface area contributed by atoms with Crippen LogP contribution in [0.2, 0.25) is 0 Å². The van der Waals surface area contributed by atoms with Gasteiger partial charge < -0.3 is 10.2 Å². The van der Waals surface area contributed by atoms with Gasteiger partial charge in [-0.25, -0.2) is 13.1 Å². The second-order valence-corrected chi connectivity index (χ2v) is 7.08. The average Bonchev–Trinajstić information content (AvgIpc) is 2.84. The number of nitrogens with zero attached hydrogens (tertiary/aromatic N) is 1. The van der Waals surface area contributed by atoms with Crippen LogP contribution in [0.15, 0.2) is 24.3 Å². The molecule has 0 aromatic heterocycles. The van der Waals surface area contributed by atoms with E-state index in [9.17, 15) is 18.0 Å². The number of carbonyl (C=O) groups excluding carboxylic acids is 2. The molecule has 0 bridgehead atoms. The van der Waals surface area contributed by atoms with Crippen molar-refractivity contribution in [2.24, 2.45) is 0 Å². The molecule has 1 atom stereocenters. The van der Waals surface area contributed by atoms with Gasteiger partial charge in [-0.3, -0.25) is 9.59 Å². The quantitative estimate of drug-likeness (QED) is 0.832. The van der Waals surface area contributed by atoms with Crippen molar-refractivity contribution in [3.63, 3.8) is 0 Å². The van der Waals surface area contributed by atoms with Gasteiger partial charge >= 0.3 is 0 Å². The van der Waals surface area contributed by atoms with Crippen LogP contribution in [-0.4, -0.2) is 39.1 Å². The van der Waals surface area contributed by atoms with E-state index in [1.165, 1.54) is 6.92 Å². The Kier molecular flexibility index (Phi) is 4.82. The van der Waals surface area contributed by atoms with E-state index in [2.05, 4.69) is 10.0 Å². The molecular formula is C14H19N3O4S. The predicted molar refractivity (Wildman–Crippen MR) is 84.1 cm³/mol. The lowest BCUT2D eigenvalue weighted by molar-refractivity contribution is -0.118. The van der Waals surface area contributed by atoms with Crippen molar-refractivity contribution in [3.8, 4) is 0 Å². The molecule has 0 unspecified atom stereocenters. The van der Waals surface area contributed by atoms with Crippen LogP contribution in [0.4, 0.5) is 11.4 Å². The minimum absolute atomic E-state index is 0.0998. The number of anilines is 2. The van der Waals surface area contributed by atoms with Crippen LogP contribution >= 0.6 is 0 Å². The summed E-state index contributed by atoms with van der Waals surface area (Å²) >= 11 is 0. The molecule has 2 N–H and O–H groups in total. The third kappa shape index (κ3) is 4.28. The van der Waals surface area contributed by atoms with E-state index < -0.39 is 22.0 Å². The number of nitrogens with one attached hydrogen (secondary N) is 2. The first-order chi connectivity index (χ1) is 10.3. The number of amides is 2. The number of hydrogen-bond acceptors (Lipinski definition) is 4. The van der Waals surface area contributed by atoms with E-state index in [0.717, 1.165) is 18.4 Å². The fraction of sp³-hybridized carbons (Fsp3) is 0.429. The van der Waals surface area contributed by atoms with Crippen LogP contribution in [0.1, 0.15) is 19.8 Å². The molecule has 1 fully saturated rings. The van der Waals surface area contributed by atoms with Gasteiger partial charge in [0.15, 0.2) is 0 Å². The molecule has 0 spiro atoms. The summed E-state index contributed by atoms with van der Waals surface area (Å²) < 4.78 is 24.4. The highest BCUT2D eigenvalue weighted by Gasteiger charge is 2.21. The summed E-state index contributed by atoms with van der Waals surface area (Å²) in [5.41, 5.74) is 1.34. The lowest BCUT2D eigenvalue weighted by Crippen LogP contribution is -2.40. The summed E-state index contributed by atoms with van der Waals surface area (Å²) in [4.78, 5) is 25.2. The first-order valence-corrected chi connectivity index (χ1v) is 8.84. The van der Waals surface area contributed by atoms with Crippen molar-refractivity contribution < 1.29 is 18.0 Å². The Morgan fingerprint density at radius 3 is 2.41 bits per heavy atom. The van der Waals surface area contributed by atoms with Crippen LogP contribution in [0, 0.1) is 0 Å². The second-order valence-electron chi connectivity index (χ2n) is 5.30. The second kappa shape index (κ2) is 6.45. The predicted octanol–water partition coefficient (Wildman–Crippen LogP) is 0.690. The maximum atomic E-state index is 11.9. The first kappa shape index (κ1) is 16.4. The molecule has 1 aromatic rings. The smallest absolute Gasteiger partial charge is 0.242 e. The van der Waals surface area contributed by atoms with Crippen LogP contribution < -0.4 is 14.9 Å². The lowest BCUT2D eigenvalue weighted by Gasteiger charge is -2.17.